The summed E-state index contributed by atoms with van der Waals surface area (Å²) in [6.45, 7) is 0.963. The second-order valence-corrected chi connectivity index (χ2v) is 6.22. The maximum atomic E-state index is 3.47. The fourth-order valence-electron chi connectivity index (χ4n) is 1.76. The highest BCUT2D eigenvalue weighted by molar-refractivity contribution is 9.10. The molecule has 0 heterocycles. The average Bonchev–Trinajstić information content (AvgIpc) is 2.42. The summed E-state index contributed by atoms with van der Waals surface area (Å²) in [6, 6.07) is 19.1. The van der Waals surface area contributed by atoms with Gasteiger partial charge in [-0.25, -0.2) is 0 Å². The third kappa shape index (κ3) is 3.87. The van der Waals surface area contributed by atoms with Gasteiger partial charge >= 0.3 is 0 Å². The van der Waals surface area contributed by atoms with Crippen LogP contribution in [-0.2, 0) is 0 Å². The number of halogens is 1. The molecule has 0 aliphatic carbocycles. The standard InChI is InChI=1S/C15H16BrNS/c1-17-11-15(12-5-3-2-4-6-12)18-14-9-7-13(16)8-10-14/h2-10,15,17H,11H2,1H3. The van der Waals surface area contributed by atoms with Gasteiger partial charge < -0.3 is 5.32 Å². The van der Waals surface area contributed by atoms with E-state index in [-0.39, 0.29) is 0 Å². The van der Waals surface area contributed by atoms with E-state index in [0.717, 1.165) is 11.0 Å². The van der Waals surface area contributed by atoms with Crippen LogP contribution < -0.4 is 5.32 Å². The van der Waals surface area contributed by atoms with Crippen molar-refractivity contribution < 1.29 is 0 Å². The molecule has 2 aromatic carbocycles. The van der Waals surface area contributed by atoms with Crippen LogP contribution in [0.3, 0.4) is 0 Å². The maximum absolute atomic E-state index is 3.47. The number of nitrogens with one attached hydrogen (secondary N) is 1. The first-order chi connectivity index (χ1) is 8.79. The Morgan fingerprint density at radius 3 is 2.33 bits per heavy atom. The van der Waals surface area contributed by atoms with Gasteiger partial charge in [0.15, 0.2) is 0 Å². The summed E-state index contributed by atoms with van der Waals surface area (Å²) >= 11 is 5.36. The highest BCUT2D eigenvalue weighted by Crippen LogP contribution is 2.35. The number of benzene rings is 2. The van der Waals surface area contributed by atoms with E-state index < -0.39 is 0 Å². The van der Waals surface area contributed by atoms with Crippen LogP contribution in [0.2, 0.25) is 0 Å². The molecule has 0 aliphatic rings. The minimum Gasteiger partial charge on any atom is -0.318 e. The molecule has 0 fully saturated rings. The first kappa shape index (κ1) is 13.7. The minimum absolute atomic E-state index is 0.442. The van der Waals surface area contributed by atoms with Gasteiger partial charge in [-0.15, -0.1) is 11.8 Å². The highest BCUT2D eigenvalue weighted by atomic mass is 79.9. The number of hydrogen-bond acceptors (Lipinski definition) is 2. The van der Waals surface area contributed by atoms with Crippen LogP contribution in [0.15, 0.2) is 64.0 Å². The zero-order valence-corrected chi connectivity index (χ0v) is 12.7. The molecule has 0 spiro atoms. The molecule has 0 radical (unpaired) electrons. The van der Waals surface area contributed by atoms with E-state index in [1.807, 2.05) is 18.8 Å². The van der Waals surface area contributed by atoms with Crippen LogP contribution in [0.1, 0.15) is 10.8 Å². The van der Waals surface area contributed by atoms with Crippen LogP contribution in [0.5, 0.6) is 0 Å². The van der Waals surface area contributed by atoms with Crippen LogP contribution in [0.4, 0.5) is 0 Å². The van der Waals surface area contributed by atoms with Crippen molar-refractivity contribution in [2.45, 2.75) is 10.1 Å². The third-order valence-corrected chi connectivity index (χ3v) is 4.45. The molecular formula is C15H16BrNS. The van der Waals surface area contributed by atoms with Crippen molar-refractivity contribution in [1.29, 1.82) is 0 Å². The molecule has 1 N–H and O–H groups in total. The van der Waals surface area contributed by atoms with Crippen LogP contribution >= 0.6 is 27.7 Å². The van der Waals surface area contributed by atoms with Gasteiger partial charge in [-0.05, 0) is 36.9 Å². The summed E-state index contributed by atoms with van der Waals surface area (Å²) in [7, 11) is 2.00. The Morgan fingerprint density at radius 2 is 1.72 bits per heavy atom. The lowest BCUT2D eigenvalue weighted by Crippen LogP contribution is -2.14. The van der Waals surface area contributed by atoms with Crippen LogP contribution in [0.25, 0.3) is 0 Å². The highest BCUT2D eigenvalue weighted by Gasteiger charge is 2.11. The Labute approximate surface area is 121 Å². The van der Waals surface area contributed by atoms with Crippen molar-refractivity contribution in [3.63, 3.8) is 0 Å². The van der Waals surface area contributed by atoms with Crippen molar-refractivity contribution in [1.82, 2.24) is 5.32 Å². The van der Waals surface area contributed by atoms with Crippen molar-refractivity contribution in [2.75, 3.05) is 13.6 Å². The molecule has 2 aromatic rings. The van der Waals surface area contributed by atoms with Crippen LogP contribution in [0, 0.1) is 0 Å². The third-order valence-electron chi connectivity index (χ3n) is 2.65. The summed E-state index contributed by atoms with van der Waals surface area (Å²) in [6.07, 6.45) is 0. The summed E-state index contributed by atoms with van der Waals surface area (Å²) in [5, 5.41) is 3.71. The molecule has 18 heavy (non-hydrogen) atoms. The maximum Gasteiger partial charge on any atom is 0.0468 e. The Kier molecular flexibility index (Phi) is 5.29. The molecule has 94 valence electrons. The number of likely N-dealkylation sites (N-methyl/N-ethyl adjacent to an activating group) is 1. The molecular weight excluding hydrogens is 306 g/mol. The number of hydrogen-bond donors (Lipinski definition) is 1. The van der Waals surface area contributed by atoms with Gasteiger partial charge in [-0.3, -0.25) is 0 Å². The summed E-state index contributed by atoms with van der Waals surface area (Å²) < 4.78 is 1.12. The topological polar surface area (TPSA) is 12.0 Å². The van der Waals surface area contributed by atoms with Gasteiger partial charge in [0.05, 0.1) is 0 Å². The Bertz CT molecular complexity index is 470. The fourth-order valence-corrected chi connectivity index (χ4v) is 3.19. The largest absolute Gasteiger partial charge is 0.318 e. The lowest BCUT2D eigenvalue weighted by atomic mass is 10.1. The lowest BCUT2D eigenvalue weighted by molar-refractivity contribution is 0.778. The van der Waals surface area contributed by atoms with Gasteiger partial charge in [0.25, 0.3) is 0 Å². The van der Waals surface area contributed by atoms with Crippen molar-refractivity contribution in [3.8, 4) is 0 Å². The van der Waals surface area contributed by atoms with Crippen molar-refractivity contribution in [3.05, 3.63) is 64.6 Å². The molecule has 3 heteroatoms. The predicted molar refractivity (Wildman–Crippen MR) is 83.1 cm³/mol. The fraction of sp³-hybridized carbons (Fsp3) is 0.200. The lowest BCUT2D eigenvalue weighted by Gasteiger charge is -2.16. The van der Waals surface area contributed by atoms with E-state index in [9.17, 15) is 0 Å². The molecule has 1 nitrogen and oxygen atoms in total. The van der Waals surface area contributed by atoms with Gasteiger partial charge in [-0.1, -0.05) is 46.3 Å². The van der Waals surface area contributed by atoms with E-state index in [2.05, 4.69) is 75.8 Å². The molecule has 0 amide bonds. The van der Waals surface area contributed by atoms with E-state index in [1.165, 1.54) is 10.5 Å². The zero-order valence-electron chi connectivity index (χ0n) is 10.3. The Hall–Kier alpha value is -0.770. The molecule has 0 saturated carbocycles. The van der Waals surface area contributed by atoms with Gasteiger partial charge in [0.1, 0.15) is 0 Å². The van der Waals surface area contributed by atoms with E-state index in [4.69, 9.17) is 0 Å². The predicted octanol–water partition coefficient (Wildman–Crippen LogP) is 4.50. The van der Waals surface area contributed by atoms with Crippen LogP contribution in [-0.4, -0.2) is 13.6 Å². The molecule has 1 unspecified atom stereocenters. The first-order valence-electron chi connectivity index (χ1n) is 5.91. The molecule has 0 saturated heterocycles. The van der Waals surface area contributed by atoms with Gasteiger partial charge in [-0.2, -0.15) is 0 Å². The number of thioether (sulfide) groups is 1. The molecule has 0 bridgehead atoms. The summed E-state index contributed by atoms with van der Waals surface area (Å²) in [5.41, 5.74) is 1.36. The normalized spacial score (nSPS) is 12.3. The quantitative estimate of drug-likeness (QED) is 0.813. The number of rotatable bonds is 5. The summed E-state index contributed by atoms with van der Waals surface area (Å²) in [5.74, 6) is 0. The molecule has 1 atom stereocenters. The Balaban J connectivity index is 2.14. The zero-order chi connectivity index (χ0) is 12.8. The van der Waals surface area contributed by atoms with Crippen molar-refractivity contribution in [2.24, 2.45) is 0 Å². The second kappa shape index (κ2) is 6.98. The van der Waals surface area contributed by atoms with Gasteiger partial charge in [0, 0.05) is 21.2 Å². The van der Waals surface area contributed by atoms with E-state index >= 15 is 0 Å². The summed E-state index contributed by atoms with van der Waals surface area (Å²) in [4.78, 5) is 1.29. The van der Waals surface area contributed by atoms with Gasteiger partial charge in [0.2, 0.25) is 0 Å². The molecule has 0 aliphatic heterocycles. The minimum atomic E-state index is 0.442. The second-order valence-electron chi connectivity index (χ2n) is 4.03. The monoisotopic (exact) mass is 321 g/mol. The average molecular weight is 322 g/mol. The van der Waals surface area contributed by atoms with E-state index in [0.29, 0.717) is 5.25 Å². The Morgan fingerprint density at radius 1 is 1.06 bits per heavy atom. The molecule has 2 rings (SSSR count). The SMILES string of the molecule is CNCC(Sc1ccc(Br)cc1)c1ccccc1. The van der Waals surface area contributed by atoms with Crippen molar-refractivity contribution >= 4 is 27.7 Å². The first-order valence-corrected chi connectivity index (χ1v) is 7.58. The smallest absolute Gasteiger partial charge is 0.0468 e. The van der Waals surface area contributed by atoms with E-state index in [1.54, 1.807) is 0 Å². The molecule has 0 aromatic heterocycles.